The van der Waals surface area contributed by atoms with Crippen molar-refractivity contribution >= 4 is 11.0 Å². The van der Waals surface area contributed by atoms with Crippen molar-refractivity contribution in [2.75, 3.05) is 6.54 Å². The van der Waals surface area contributed by atoms with Gasteiger partial charge in [0.2, 0.25) is 0 Å². The Morgan fingerprint density at radius 3 is 2.68 bits per heavy atom. The van der Waals surface area contributed by atoms with Crippen LogP contribution in [0, 0.1) is 5.82 Å². The third-order valence-electron chi connectivity index (χ3n) is 4.34. The molecule has 19 heavy (non-hydrogen) atoms. The van der Waals surface area contributed by atoms with Gasteiger partial charge in [-0.1, -0.05) is 6.42 Å². The summed E-state index contributed by atoms with van der Waals surface area (Å²) < 4.78 is 15.6. The standard InChI is InChI=1S/C15H20FN3/c1-10(2)19-13-5-4-11(16)8-12(13)18-14(19)15(9-17)6-3-7-15/h4-5,8,10H,3,6-7,9,17H2,1-2H3. The van der Waals surface area contributed by atoms with Gasteiger partial charge >= 0.3 is 0 Å². The number of nitrogens with two attached hydrogens (primary N) is 1. The first-order chi connectivity index (χ1) is 9.07. The minimum atomic E-state index is -0.233. The van der Waals surface area contributed by atoms with Crippen LogP contribution in [0.3, 0.4) is 0 Å². The zero-order valence-corrected chi connectivity index (χ0v) is 11.5. The molecule has 0 unspecified atom stereocenters. The molecule has 2 N–H and O–H groups in total. The van der Waals surface area contributed by atoms with E-state index in [2.05, 4.69) is 18.4 Å². The van der Waals surface area contributed by atoms with Crippen molar-refractivity contribution in [3.63, 3.8) is 0 Å². The Kier molecular flexibility index (Phi) is 2.86. The fourth-order valence-corrected chi connectivity index (χ4v) is 3.09. The van der Waals surface area contributed by atoms with Crippen molar-refractivity contribution < 1.29 is 4.39 Å². The number of benzene rings is 1. The van der Waals surface area contributed by atoms with Crippen LogP contribution in [0.5, 0.6) is 0 Å². The summed E-state index contributed by atoms with van der Waals surface area (Å²) in [5.74, 6) is 0.805. The first-order valence-corrected chi connectivity index (χ1v) is 6.95. The summed E-state index contributed by atoms with van der Waals surface area (Å²) in [5, 5.41) is 0. The van der Waals surface area contributed by atoms with Crippen LogP contribution in [0.25, 0.3) is 11.0 Å². The summed E-state index contributed by atoms with van der Waals surface area (Å²) in [4.78, 5) is 4.70. The van der Waals surface area contributed by atoms with Crippen LogP contribution in [0.15, 0.2) is 18.2 Å². The topological polar surface area (TPSA) is 43.8 Å². The summed E-state index contributed by atoms with van der Waals surface area (Å²) in [7, 11) is 0. The number of aromatic nitrogens is 2. The molecule has 0 spiro atoms. The molecule has 0 bridgehead atoms. The molecule has 3 nitrogen and oxygen atoms in total. The van der Waals surface area contributed by atoms with E-state index < -0.39 is 0 Å². The molecule has 3 rings (SSSR count). The Balaban J connectivity index is 2.26. The second-order valence-corrected chi connectivity index (χ2v) is 5.87. The Morgan fingerprint density at radius 1 is 1.42 bits per heavy atom. The maximum absolute atomic E-state index is 13.4. The zero-order valence-electron chi connectivity index (χ0n) is 11.5. The van der Waals surface area contributed by atoms with Gasteiger partial charge in [0.25, 0.3) is 0 Å². The fraction of sp³-hybridized carbons (Fsp3) is 0.533. The van der Waals surface area contributed by atoms with E-state index in [1.54, 1.807) is 0 Å². The van der Waals surface area contributed by atoms with Crippen molar-refractivity contribution in [3.8, 4) is 0 Å². The van der Waals surface area contributed by atoms with Crippen LogP contribution in [-0.2, 0) is 5.41 Å². The average molecular weight is 261 g/mol. The predicted molar refractivity (Wildman–Crippen MR) is 74.7 cm³/mol. The maximum Gasteiger partial charge on any atom is 0.125 e. The molecule has 1 fully saturated rings. The van der Waals surface area contributed by atoms with E-state index in [4.69, 9.17) is 10.7 Å². The molecule has 4 heteroatoms. The van der Waals surface area contributed by atoms with Crippen molar-refractivity contribution in [3.05, 3.63) is 29.8 Å². The van der Waals surface area contributed by atoms with Crippen LogP contribution in [0.2, 0.25) is 0 Å². The molecule has 0 amide bonds. The first kappa shape index (κ1) is 12.6. The van der Waals surface area contributed by atoms with E-state index in [9.17, 15) is 4.39 Å². The van der Waals surface area contributed by atoms with Crippen molar-refractivity contribution in [2.24, 2.45) is 5.73 Å². The van der Waals surface area contributed by atoms with Gasteiger partial charge in [0.15, 0.2) is 0 Å². The Bertz CT molecular complexity index is 606. The summed E-state index contributed by atoms with van der Waals surface area (Å²) in [5.41, 5.74) is 7.74. The lowest BCUT2D eigenvalue weighted by Crippen LogP contribution is -2.44. The van der Waals surface area contributed by atoms with Crippen LogP contribution < -0.4 is 5.73 Å². The lowest BCUT2D eigenvalue weighted by atomic mass is 9.68. The Labute approximate surface area is 112 Å². The molecule has 0 saturated heterocycles. The number of hydrogen-bond donors (Lipinski definition) is 1. The second kappa shape index (κ2) is 4.30. The second-order valence-electron chi connectivity index (χ2n) is 5.87. The molecular weight excluding hydrogens is 241 g/mol. The molecule has 1 heterocycles. The molecule has 1 saturated carbocycles. The summed E-state index contributed by atoms with van der Waals surface area (Å²) in [6.45, 7) is 4.89. The first-order valence-electron chi connectivity index (χ1n) is 6.95. The summed E-state index contributed by atoms with van der Waals surface area (Å²) in [6.07, 6.45) is 3.37. The van der Waals surface area contributed by atoms with E-state index in [0.717, 1.165) is 29.7 Å². The van der Waals surface area contributed by atoms with E-state index in [1.807, 2.05) is 6.07 Å². The molecule has 1 aromatic carbocycles. The minimum Gasteiger partial charge on any atom is -0.329 e. The molecule has 0 aliphatic heterocycles. The van der Waals surface area contributed by atoms with Crippen LogP contribution in [-0.4, -0.2) is 16.1 Å². The smallest absolute Gasteiger partial charge is 0.125 e. The van der Waals surface area contributed by atoms with Gasteiger partial charge in [0.1, 0.15) is 11.6 Å². The lowest BCUT2D eigenvalue weighted by Gasteiger charge is -2.41. The predicted octanol–water partition coefficient (Wildman–Crippen LogP) is 3.14. The normalized spacial score (nSPS) is 17.9. The zero-order chi connectivity index (χ0) is 13.6. The third-order valence-corrected chi connectivity index (χ3v) is 4.34. The summed E-state index contributed by atoms with van der Waals surface area (Å²) >= 11 is 0. The molecule has 2 aromatic rings. The van der Waals surface area contributed by atoms with Crippen molar-refractivity contribution in [1.82, 2.24) is 9.55 Å². The quantitative estimate of drug-likeness (QED) is 0.922. The summed E-state index contributed by atoms with van der Waals surface area (Å²) in [6, 6.07) is 5.14. The SMILES string of the molecule is CC(C)n1c(C2(CN)CCC2)nc2cc(F)ccc21. The molecule has 1 aromatic heterocycles. The van der Waals surface area contributed by atoms with Crippen LogP contribution >= 0.6 is 0 Å². The highest BCUT2D eigenvalue weighted by molar-refractivity contribution is 5.76. The lowest BCUT2D eigenvalue weighted by molar-refractivity contribution is 0.228. The van der Waals surface area contributed by atoms with Crippen molar-refractivity contribution in [1.29, 1.82) is 0 Å². The highest BCUT2D eigenvalue weighted by Crippen LogP contribution is 2.44. The number of halogens is 1. The van der Waals surface area contributed by atoms with E-state index in [1.165, 1.54) is 18.6 Å². The van der Waals surface area contributed by atoms with Gasteiger partial charge in [-0.05, 0) is 38.8 Å². The maximum atomic E-state index is 13.4. The number of rotatable bonds is 3. The average Bonchev–Trinajstić information content (AvgIpc) is 2.66. The number of nitrogens with zero attached hydrogens (tertiary/aromatic N) is 2. The molecule has 1 aliphatic carbocycles. The van der Waals surface area contributed by atoms with Gasteiger partial charge in [-0.15, -0.1) is 0 Å². The Hall–Kier alpha value is -1.42. The van der Waals surface area contributed by atoms with E-state index in [-0.39, 0.29) is 11.2 Å². The highest BCUT2D eigenvalue weighted by atomic mass is 19.1. The van der Waals surface area contributed by atoms with Crippen LogP contribution in [0.1, 0.15) is 45.0 Å². The van der Waals surface area contributed by atoms with Gasteiger partial charge in [-0.3, -0.25) is 0 Å². The molecule has 1 aliphatic rings. The molecule has 0 atom stereocenters. The van der Waals surface area contributed by atoms with E-state index >= 15 is 0 Å². The Morgan fingerprint density at radius 2 is 2.16 bits per heavy atom. The molecular formula is C15H20FN3. The van der Waals surface area contributed by atoms with Gasteiger partial charge in [0.05, 0.1) is 11.0 Å². The van der Waals surface area contributed by atoms with Crippen molar-refractivity contribution in [2.45, 2.75) is 44.6 Å². The minimum absolute atomic E-state index is 0.000232. The highest BCUT2D eigenvalue weighted by Gasteiger charge is 2.42. The van der Waals surface area contributed by atoms with Crippen LogP contribution in [0.4, 0.5) is 4.39 Å². The molecule has 0 radical (unpaired) electrons. The molecule has 102 valence electrons. The number of fused-ring (bicyclic) bond motifs is 1. The number of imidazole rings is 1. The largest absolute Gasteiger partial charge is 0.329 e. The third kappa shape index (κ3) is 1.77. The monoisotopic (exact) mass is 261 g/mol. The number of hydrogen-bond acceptors (Lipinski definition) is 2. The fourth-order valence-electron chi connectivity index (χ4n) is 3.09. The van der Waals surface area contributed by atoms with Gasteiger partial charge < -0.3 is 10.3 Å². The van der Waals surface area contributed by atoms with Gasteiger partial charge in [0, 0.05) is 24.1 Å². The van der Waals surface area contributed by atoms with Gasteiger partial charge in [-0.2, -0.15) is 0 Å². The van der Waals surface area contributed by atoms with Gasteiger partial charge in [-0.25, -0.2) is 9.37 Å². The van der Waals surface area contributed by atoms with E-state index in [0.29, 0.717) is 12.6 Å².